The molecule has 0 aromatic carbocycles. The number of nitrogens with zero attached hydrogens (tertiary/aromatic N) is 1. The standard InChI is InChI=1S/C18H35N3O3/c1-17(2,3)20-10-9-19-15(22)13-14-7-11-21(12-8-14)16(23)24-18(4,5)6/h14,20H,7-13H2,1-6H3,(H,19,22). The molecule has 0 aromatic rings. The first-order valence-corrected chi connectivity index (χ1v) is 8.96. The van der Waals surface area contributed by atoms with Crippen LogP contribution in [-0.2, 0) is 9.53 Å². The molecule has 1 aliphatic heterocycles. The minimum Gasteiger partial charge on any atom is -0.444 e. The maximum absolute atomic E-state index is 12.0. The van der Waals surface area contributed by atoms with Crippen LogP contribution in [0.15, 0.2) is 0 Å². The Morgan fingerprint density at radius 3 is 2.12 bits per heavy atom. The first-order valence-electron chi connectivity index (χ1n) is 8.96. The molecule has 2 N–H and O–H groups in total. The van der Waals surface area contributed by atoms with Crippen LogP contribution in [0.25, 0.3) is 0 Å². The molecule has 6 heteroatoms. The maximum Gasteiger partial charge on any atom is 0.410 e. The van der Waals surface area contributed by atoms with E-state index in [9.17, 15) is 9.59 Å². The van der Waals surface area contributed by atoms with Crippen molar-refractivity contribution in [2.45, 2.75) is 71.9 Å². The molecule has 0 saturated carbocycles. The molecular weight excluding hydrogens is 306 g/mol. The molecule has 2 amide bonds. The van der Waals surface area contributed by atoms with Gasteiger partial charge in [-0.15, -0.1) is 0 Å². The summed E-state index contributed by atoms with van der Waals surface area (Å²) >= 11 is 0. The zero-order valence-corrected chi connectivity index (χ0v) is 16.2. The van der Waals surface area contributed by atoms with E-state index >= 15 is 0 Å². The zero-order valence-electron chi connectivity index (χ0n) is 16.2. The Kier molecular flexibility index (Phi) is 7.52. The number of ether oxygens (including phenoxy) is 1. The van der Waals surface area contributed by atoms with Gasteiger partial charge in [-0.2, -0.15) is 0 Å². The predicted molar refractivity (Wildman–Crippen MR) is 95.9 cm³/mol. The zero-order chi connectivity index (χ0) is 18.4. The second-order valence-electron chi connectivity index (χ2n) is 8.64. The van der Waals surface area contributed by atoms with Crippen molar-refractivity contribution in [3.05, 3.63) is 0 Å². The van der Waals surface area contributed by atoms with Gasteiger partial charge >= 0.3 is 6.09 Å². The van der Waals surface area contributed by atoms with E-state index in [1.165, 1.54) is 0 Å². The summed E-state index contributed by atoms with van der Waals surface area (Å²) in [4.78, 5) is 25.8. The summed E-state index contributed by atoms with van der Waals surface area (Å²) in [5.41, 5.74) is -0.395. The van der Waals surface area contributed by atoms with Crippen LogP contribution in [-0.4, -0.2) is 54.2 Å². The number of carbonyl (C=O) groups excluding carboxylic acids is 2. The number of nitrogens with one attached hydrogen (secondary N) is 2. The van der Waals surface area contributed by atoms with Gasteiger partial charge in [0.25, 0.3) is 0 Å². The van der Waals surface area contributed by atoms with Gasteiger partial charge in [-0.1, -0.05) is 0 Å². The third-order valence-corrected chi connectivity index (χ3v) is 3.84. The van der Waals surface area contributed by atoms with Crippen molar-refractivity contribution in [2.24, 2.45) is 5.92 Å². The van der Waals surface area contributed by atoms with E-state index < -0.39 is 5.60 Å². The van der Waals surface area contributed by atoms with Crippen molar-refractivity contribution in [1.82, 2.24) is 15.5 Å². The van der Waals surface area contributed by atoms with Crippen molar-refractivity contribution < 1.29 is 14.3 Å². The van der Waals surface area contributed by atoms with Crippen LogP contribution in [0.4, 0.5) is 4.79 Å². The fraction of sp³-hybridized carbons (Fsp3) is 0.889. The van der Waals surface area contributed by atoms with Crippen LogP contribution in [0.3, 0.4) is 0 Å². The van der Waals surface area contributed by atoms with Gasteiger partial charge in [0.15, 0.2) is 0 Å². The van der Waals surface area contributed by atoms with Crippen molar-refractivity contribution in [3.63, 3.8) is 0 Å². The Labute approximate surface area is 146 Å². The summed E-state index contributed by atoms with van der Waals surface area (Å²) in [7, 11) is 0. The molecule has 1 aliphatic rings. The molecule has 1 fully saturated rings. The maximum atomic E-state index is 12.0. The molecule has 0 bridgehead atoms. The minimum absolute atomic E-state index is 0.0687. The molecule has 24 heavy (non-hydrogen) atoms. The first-order chi connectivity index (χ1) is 11.0. The molecule has 0 radical (unpaired) electrons. The number of carbonyl (C=O) groups is 2. The molecular formula is C18H35N3O3. The lowest BCUT2D eigenvalue weighted by Gasteiger charge is -2.33. The lowest BCUT2D eigenvalue weighted by molar-refractivity contribution is -0.122. The summed E-state index contributed by atoms with van der Waals surface area (Å²) in [5.74, 6) is 0.445. The molecule has 0 aliphatic carbocycles. The highest BCUT2D eigenvalue weighted by Crippen LogP contribution is 2.22. The van der Waals surface area contributed by atoms with Gasteiger partial charge in [0.2, 0.25) is 5.91 Å². The Bertz CT molecular complexity index is 416. The monoisotopic (exact) mass is 341 g/mol. The van der Waals surface area contributed by atoms with E-state index in [-0.39, 0.29) is 17.5 Å². The van der Waals surface area contributed by atoms with Gasteiger partial charge in [0.1, 0.15) is 5.60 Å². The highest BCUT2D eigenvalue weighted by atomic mass is 16.6. The predicted octanol–water partition coefficient (Wildman–Crippen LogP) is 2.53. The SMILES string of the molecule is CC(C)(C)NCCNC(=O)CC1CCN(C(=O)OC(C)(C)C)CC1. The van der Waals surface area contributed by atoms with Gasteiger partial charge < -0.3 is 20.3 Å². The Morgan fingerprint density at radius 2 is 1.62 bits per heavy atom. The second-order valence-corrected chi connectivity index (χ2v) is 8.64. The fourth-order valence-corrected chi connectivity index (χ4v) is 2.62. The Morgan fingerprint density at radius 1 is 1.04 bits per heavy atom. The van der Waals surface area contributed by atoms with E-state index in [0.29, 0.717) is 32.0 Å². The van der Waals surface area contributed by atoms with E-state index in [1.807, 2.05) is 20.8 Å². The third kappa shape index (κ3) is 9.11. The average Bonchev–Trinajstić information content (AvgIpc) is 2.41. The molecule has 0 spiro atoms. The number of hydrogen-bond donors (Lipinski definition) is 2. The molecule has 1 rings (SSSR count). The summed E-state index contributed by atoms with van der Waals surface area (Å²) in [6.07, 6.45) is 2.00. The van der Waals surface area contributed by atoms with Crippen LogP contribution < -0.4 is 10.6 Å². The van der Waals surface area contributed by atoms with Gasteiger partial charge in [-0.3, -0.25) is 4.79 Å². The van der Waals surface area contributed by atoms with E-state index in [2.05, 4.69) is 31.4 Å². The van der Waals surface area contributed by atoms with Crippen LogP contribution >= 0.6 is 0 Å². The van der Waals surface area contributed by atoms with Gasteiger partial charge in [0, 0.05) is 38.1 Å². The lowest BCUT2D eigenvalue weighted by atomic mass is 9.93. The number of piperidine rings is 1. The molecule has 140 valence electrons. The fourth-order valence-electron chi connectivity index (χ4n) is 2.62. The normalized spacial score (nSPS) is 16.8. The van der Waals surface area contributed by atoms with Crippen LogP contribution in [0, 0.1) is 5.92 Å². The highest BCUT2D eigenvalue weighted by Gasteiger charge is 2.27. The smallest absolute Gasteiger partial charge is 0.410 e. The van der Waals surface area contributed by atoms with E-state index in [0.717, 1.165) is 19.4 Å². The molecule has 0 aromatic heterocycles. The van der Waals surface area contributed by atoms with Gasteiger partial charge in [-0.25, -0.2) is 4.79 Å². The molecule has 6 nitrogen and oxygen atoms in total. The number of amides is 2. The second kappa shape index (κ2) is 8.70. The van der Waals surface area contributed by atoms with E-state index in [1.54, 1.807) is 4.90 Å². The molecule has 0 atom stereocenters. The summed E-state index contributed by atoms with van der Waals surface area (Å²) < 4.78 is 5.39. The lowest BCUT2D eigenvalue weighted by Crippen LogP contribution is -2.43. The van der Waals surface area contributed by atoms with Crippen LogP contribution in [0.2, 0.25) is 0 Å². The Balaban J connectivity index is 2.21. The highest BCUT2D eigenvalue weighted by molar-refractivity contribution is 5.76. The molecule has 0 unspecified atom stereocenters. The Hall–Kier alpha value is -1.30. The first kappa shape index (κ1) is 20.7. The van der Waals surface area contributed by atoms with Crippen molar-refractivity contribution in [3.8, 4) is 0 Å². The van der Waals surface area contributed by atoms with Gasteiger partial charge in [0.05, 0.1) is 0 Å². The van der Waals surface area contributed by atoms with E-state index in [4.69, 9.17) is 4.74 Å². The molecule has 1 saturated heterocycles. The summed E-state index contributed by atoms with van der Waals surface area (Å²) in [6, 6.07) is 0. The van der Waals surface area contributed by atoms with Gasteiger partial charge in [-0.05, 0) is 60.3 Å². The van der Waals surface area contributed by atoms with Crippen molar-refractivity contribution >= 4 is 12.0 Å². The topological polar surface area (TPSA) is 70.7 Å². The van der Waals surface area contributed by atoms with Crippen LogP contribution in [0.5, 0.6) is 0 Å². The van der Waals surface area contributed by atoms with Crippen LogP contribution in [0.1, 0.15) is 60.8 Å². The quantitative estimate of drug-likeness (QED) is 0.754. The molecule has 1 heterocycles. The van der Waals surface area contributed by atoms with Crippen molar-refractivity contribution in [2.75, 3.05) is 26.2 Å². The average molecular weight is 341 g/mol. The number of likely N-dealkylation sites (tertiary alicyclic amines) is 1. The largest absolute Gasteiger partial charge is 0.444 e. The summed E-state index contributed by atoms with van der Waals surface area (Å²) in [5, 5.41) is 6.31. The minimum atomic E-state index is -0.463. The number of rotatable bonds is 5. The van der Waals surface area contributed by atoms with Crippen molar-refractivity contribution in [1.29, 1.82) is 0 Å². The summed E-state index contributed by atoms with van der Waals surface area (Å²) in [6.45, 7) is 14.7. The third-order valence-electron chi connectivity index (χ3n) is 3.84. The number of hydrogen-bond acceptors (Lipinski definition) is 4.